The van der Waals surface area contributed by atoms with Gasteiger partial charge in [-0.25, -0.2) is 0 Å². The highest BCUT2D eigenvalue weighted by molar-refractivity contribution is 5.68. The molecule has 0 atom stereocenters. The first-order valence-electron chi connectivity index (χ1n) is 5.59. The van der Waals surface area contributed by atoms with Gasteiger partial charge in [-0.1, -0.05) is 18.2 Å². The van der Waals surface area contributed by atoms with Gasteiger partial charge in [-0.3, -0.25) is 0 Å². The van der Waals surface area contributed by atoms with Crippen LogP contribution < -0.4 is 0 Å². The quantitative estimate of drug-likeness (QED) is 0.715. The van der Waals surface area contributed by atoms with Gasteiger partial charge in [0, 0.05) is 13.1 Å². The lowest BCUT2D eigenvalue weighted by Crippen LogP contribution is -2.23. The average molecular weight is 212 g/mol. The fraction of sp³-hybridized carbons (Fsp3) is 0.357. The Morgan fingerprint density at radius 3 is 2.75 bits per heavy atom. The zero-order valence-corrected chi connectivity index (χ0v) is 9.83. The van der Waals surface area contributed by atoms with Gasteiger partial charge in [0.15, 0.2) is 0 Å². The number of hydrogen-bond donors (Lipinski definition) is 0. The average Bonchev–Trinajstić information content (AvgIpc) is 2.30. The summed E-state index contributed by atoms with van der Waals surface area (Å²) >= 11 is 0. The molecular weight excluding hydrogens is 196 g/mol. The molecule has 0 fully saturated rings. The second-order valence-corrected chi connectivity index (χ2v) is 4.38. The van der Waals surface area contributed by atoms with E-state index in [0.29, 0.717) is 0 Å². The Kier molecular flexibility index (Phi) is 3.07. The summed E-state index contributed by atoms with van der Waals surface area (Å²) in [6.07, 6.45) is 3.38. The molecule has 0 saturated heterocycles. The van der Waals surface area contributed by atoms with Crippen molar-refractivity contribution >= 4 is 5.57 Å². The van der Waals surface area contributed by atoms with Crippen LogP contribution in [0.25, 0.3) is 5.57 Å². The summed E-state index contributed by atoms with van der Waals surface area (Å²) in [5.74, 6) is 0. The van der Waals surface area contributed by atoms with Gasteiger partial charge in [-0.15, -0.1) is 0 Å². The Bertz CT molecular complexity index is 466. The third kappa shape index (κ3) is 2.15. The van der Waals surface area contributed by atoms with Crippen molar-refractivity contribution in [2.24, 2.45) is 0 Å². The zero-order chi connectivity index (χ0) is 11.5. The lowest BCUT2D eigenvalue weighted by Gasteiger charge is -2.22. The van der Waals surface area contributed by atoms with Crippen molar-refractivity contribution in [1.29, 1.82) is 5.26 Å². The Hall–Kier alpha value is -1.59. The summed E-state index contributed by atoms with van der Waals surface area (Å²) in [5, 5.41) is 8.88. The van der Waals surface area contributed by atoms with Crippen LogP contribution in [-0.4, -0.2) is 25.0 Å². The van der Waals surface area contributed by atoms with E-state index in [4.69, 9.17) is 5.26 Å². The summed E-state index contributed by atoms with van der Waals surface area (Å²) in [4.78, 5) is 2.31. The topological polar surface area (TPSA) is 27.0 Å². The maximum Gasteiger partial charge on any atom is 0.0994 e. The fourth-order valence-electron chi connectivity index (χ4n) is 2.02. The Morgan fingerprint density at radius 1 is 1.38 bits per heavy atom. The second kappa shape index (κ2) is 4.51. The number of aryl methyl sites for hydroxylation is 1. The van der Waals surface area contributed by atoms with E-state index in [1.165, 1.54) is 11.1 Å². The minimum atomic E-state index is 0.775. The molecule has 0 aliphatic carbocycles. The third-order valence-electron chi connectivity index (χ3n) is 3.13. The van der Waals surface area contributed by atoms with Crippen LogP contribution >= 0.6 is 0 Å². The summed E-state index contributed by atoms with van der Waals surface area (Å²) in [6.45, 7) is 4.14. The normalized spacial score (nSPS) is 16.7. The maximum atomic E-state index is 8.88. The molecule has 2 heteroatoms. The van der Waals surface area contributed by atoms with Crippen LogP contribution in [0.1, 0.15) is 23.1 Å². The van der Waals surface area contributed by atoms with Gasteiger partial charge in [-0.05, 0) is 43.2 Å². The van der Waals surface area contributed by atoms with E-state index in [1.807, 2.05) is 13.0 Å². The van der Waals surface area contributed by atoms with Gasteiger partial charge in [0.25, 0.3) is 0 Å². The van der Waals surface area contributed by atoms with Crippen LogP contribution in [-0.2, 0) is 0 Å². The van der Waals surface area contributed by atoms with Gasteiger partial charge in [-0.2, -0.15) is 5.26 Å². The van der Waals surface area contributed by atoms with Gasteiger partial charge < -0.3 is 4.90 Å². The standard InChI is InChI=1S/C14H16N2/c1-11-9-13(3-4-14(11)10-15)12-5-7-16(2)8-6-12/h3-5,9H,6-8H2,1-2H3. The molecule has 2 nitrogen and oxygen atoms in total. The Balaban J connectivity index is 2.29. The van der Waals surface area contributed by atoms with Crippen molar-refractivity contribution in [3.8, 4) is 6.07 Å². The predicted octanol–water partition coefficient (Wildman–Crippen LogP) is 2.59. The van der Waals surface area contributed by atoms with Crippen molar-refractivity contribution in [1.82, 2.24) is 4.90 Å². The molecule has 16 heavy (non-hydrogen) atoms. The molecule has 0 spiro atoms. The molecule has 0 unspecified atom stereocenters. The number of rotatable bonds is 1. The highest BCUT2D eigenvalue weighted by Gasteiger charge is 2.10. The molecular formula is C14H16N2. The van der Waals surface area contributed by atoms with Gasteiger partial charge in [0.1, 0.15) is 0 Å². The van der Waals surface area contributed by atoms with E-state index < -0.39 is 0 Å². The van der Waals surface area contributed by atoms with Gasteiger partial charge in [0.05, 0.1) is 11.6 Å². The molecule has 0 bridgehead atoms. The Labute approximate surface area is 96.8 Å². The largest absolute Gasteiger partial charge is 0.302 e. The number of likely N-dealkylation sites (N-methyl/N-ethyl adjacent to an activating group) is 1. The minimum Gasteiger partial charge on any atom is -0.302 e. The van der Waals surface area contributed by atoms with E-state index in [9.17, 15) is 0 Å². The molecule has 1 aromatic carbocycles. The van der Waals surface area contributed by atoms with E-state index in [1.54, 1.807) is 0 Å². The zero-order valence-electron chi connectivity index (χ0n) is 9.83. The summed E-state index contributed by atoms with van der Waals surface area (Å²) < 4.78 is 0. The SMILES string of the molecule is Cc1cc(C2=CCN(C)CC2)ccc1C#N. The molecule has 0 saturated carbocycles. The molecule has 82 valence electrons. The lowest BCUT2D eigenvalue weighted by molar-refractivity contribution is 0.370. The molecule has 0 N–H and O–H groups in total. The highest BCUT2D eigenvalue weighted by Crippen LogP contribution is 2.23. The number of hydrogen-bond acceptors (Lipinski definition) is 2. The smallest absolute Gasteiger partial charge is 0.0994 e. The van der Waals surface area contributed by atoms with Crippen molar-refractivity contribution < 1.29 is 0 Å². The van der Waals surface area contributed by atoms with Crippen LogP contribution in [0, 0.1) is 18.3 Å². The first-order valence-corrected chi connectivity index (χ1v) is 5.59. The van der Waals surface area contributed by atoms with E-state index in [0.717, 1.165) is 30.6 Å². The molecule has 1 aliphatic heterocycles. The molecule has 1 aliphatic rings. The summed E-state index contributed by atoms with van der Waals surface area (Å²) in [6, 6.07) is 8.30. The highest BCUT2D eigenvalue weighted by atomic mass is 15.1. The number of nitriles is 1. The molecule has 0 amide bonds. The van der Waals surface area contributed by atoms with Crippen LogP contribution in [0.3, 0.4) is 0 Å². The first-order chi connectivity index (χ1) is 7.70. The van der Waals surface area contributed by atoms with Crippen LogP contribution in [0.2, 0.25) is 0 Å². The molecule has 2 rings (SSSR count). The minimum absolute atomic E-state index is 0.775. The predicted molar refractivity (Wildman–Crippen MR) is 66.0 cm³/mol. The summed E-state index contributed by atoms with van der Waals surface area (Å²) in [7, 11) is 2.14. The maximum absolute atomic E-state index is 8.88. The molecule has 0 aromatic heterocycles. The van der Waals surface area contributed by atoms with E-state index >= 15 is 0 Å². The van der Waals surface area contributed by atoms with E-state index in [2.05, 4.69) is 36.2 Å². The van der Waals surface area contributed by atoms with Crippen molar-refractivity contribution in [3.63, 3.8) is 0 Å². The molecule has 1 heterocycles. The van der Waals surface area contributed by atoms with Crippen molar-refractivity contribution in [2.45, 2.75) is 13.3 Å². The number of benzene rings is 1. The molecule has 0 radical (unpaired) electrons. The van der Waals surface area contributed by atoms with Crippen LogP contribution in [0.15, 0.2) is 24.3 Å². The van der Waals surface area contributed by atoms with Gasteiger partial charge >= 0.3 is 0 Å². The first kappa shape index (κ1) is 10.9. The van der Waals surface area contributed by atoms with Crippen LogP contribution in [0.5, 0.6) is 0 Å². The number of nitrogens with zero attached hydrogens (tertiary/aromatic N) is 2. The monoisotopic (exact) mass is 212 g/mol. The van der Waals surface area contributed by atoms with Crippen molar-refractivity contribution in [3.05, 3.63) is 41.0 Å². The molecule has 1 aromatic rings. The van der Waals surface area contributed by atoms with Gasteiger partial charge in [0.2, 0.25) is 0 Å². The second-order valence-electron chi connectivity index (χ2n) is 4.38. The van der Waals surface area contributed by atoms with Crippen molar-refractivity contribution in [2.75, 3.05) is 20.1 Å². The third-order valence-corrected chi connectivity index (χ3v) is 3.13. The van der Waals surface area contributed by atoms with Crippen LogP contribution in [0.4, 0.5) is 0 Å². The van der Waals surface area contributed by atoms with E-state index in [-0.39, 0.29) is 0 Å². The lowest BCUT2D eigenvalue weighted by atomic mass is 9.96. The Morgan fingerprint density at radius 2 is 2.19 bits per heavy atom. The summed E-state index contributed by atoms with van der Waals surface area (Å²) in [5.41, 5.74) is 4.52. The fourth-order valence-corrected chi connectivity index (χ4v) is 2.02.